The van der Waals surface area contributed by atoms with Gasteiger partial charge in [-0.3, -0.25) is 0 Å². The first-order chi connectivity index (χ1) is 53.0. The lowest BCUT2D eigenvalue weighted by Crippen LogP contribution is -1.99. The smallest absolute Gasteiger partial charge is 0.138 e. The van der Waals surface area contributed by atoms with E-state index >= 15 is 0 Å². The number of para-hydroxylation sites is 5. The number of fused-ring (bicyclic) bond motifs is 14. The van der Waals surface area contributed by atoms with Crippen LogP contribution in [-0.4, -0.2) is 32.8 Å². The quantitative estimate of drug-likeness (QED) is 0.145. The molecule has 107 heavy (non-hydrogen) atoms. The van der Waals surface area contributed by atoms with Crippen molar-refractivity contribution in [3.8, 4) is 84.6 Å². The molecule has 0 N–H and O–H groups in total. The summed E-state index contributed by atoms with van der Waals surface area (Å²) >= 11 is 3.57. The molecule has 0 fully saturated rings. The Morgan fingerprint density at radius 3 is 1.16 bits per heavy atom. The second-order valence-electron chi connectivity index (χ2n) is 27.5. The fourth-order valence-corrected chi connectivity index (χ4v) is 16.5. The molecule has 8 heteroatoms. The number of rotatable bonds is 9. The highest BCUT2D eigenvalue weighted by atomic mass is 79.9. The molecule has 0 radical (unpaired) electrons. The second-order valence-corrected chi connectivity index (χ2v) is 28.4. The highest BCUT2D eigenvalue weighted by Crippen LogP contribution is 2.43. The molecule has 7 nitrogen and oxygen atoms in total. The fourth-order valence-electron chi connectivity index (χ4n) is 16.2. The summed E-state index contributed by atoms with van der Waals surface area (Å²) in [6.07, 6.45) is 5.30. The number of hydrogen-bond donors (Lipinski definition) is 0. The number of nitrogens with zero attached hydrogens (tertiary/aromatic N) is 7. The molecule has 7 aromatic heterocycles. The zero-order chi connectivity index (χ0) is 70.9. The Morgan fingerprint density at radius 1 is 0.234 bits per heavy atom. The SMILES string of the molecule is Brc1ccc2c(c1)c1ccccc1n2-c1ccccc1.c1ccc(-c2cc(-c3ccccc3)nc(-n3ccc4cc5c(cc43)Cc3ccccc3-5)c2)cc1.c1ccc(-c2cc(-c3ccccc3)nc(-n3ccc4cc5c6ccccc6n(-c6ccc7c(c6)c6ccccc6n7-c6ccccc6)c5cc43)c2)cc1. The lowest BCUT2D eigenvalue weighted by atomic mass is 10.0. The summed E-state index contributed by atoms with van der Waals surface area (Å²) in [5, 5.41) is 9.91. The monoisotopic (exact) mass is 1430 g/mol. The first kappa shape index (κ1) is 63.1. The first-order valence-corrected chi connectivity index (χ1v) is 37.1. The Labute approximate surface area is 626 Å². The lowest BCUT2D eigenvalue weighted by molar-refractivity contribution is 1.05. The highest BCUT2D eigenvalue weighted by molar-refractivity contribution is 9.10. The third-order valence-corrected chi connectivity index (χ3v) is 21.6. The number of benzene rings is 14. The van der Waals surface area contributed by atoms with Crippen LogP contribution in [0.4, 0.5) is 0 Å². The van der Waals surface area contributed by atoms with Crippen molar-refractivity contribution in [3.63, 3.8) is 0 Å². The van der Waals surface area contributed by atoms with Crippen LogP contribution in [0.3, 0.4) is 0 Å². The summed E-state index contributed by atoms with van der Waals surface area (Å²) < 4.78 is 12.7. The average molecular weight is 1430 g/mol. The molecule has 0 spiro atoms. The molecular weight excluding hydrogens is 1370 g/mol. The Balaban J connectivity index is 0.000000119. The Bertz CT molecular complexity index is 6840. The van der Waals surface area contributed by atoms with E-state index in [1.807, 2.05) is 18.2 Å². The van der Waals surface area contributed by atoms with Gasteiger partial charge < -0.3 is 22.8 Å². The van der Waals surface area contributed by atoms with Crippen molar-refractivity contribution in [2.45, 2.75) is 6.42 Å². The number of pyridine rings is 2. The van der Waals surface area contributed by atoms with Gasteiger partial charge in [0.2, 0.25) is 0 Å². The molecule has 0 saturated heterocycles. The van der Waals surface area contributed by atoms with Gasteiger partial charge in [-0.2, -0.15) is 0 Å². The summed E-state index contributed by atoms with van der Waals surface area (Å²) in [6.45, 7) is 0. The van der Waals surface area contributed by atoms with E-state index in [2.05, 4.69) is 409 Å². The fraction of sp³-hybridized carbons (Fsp3) is 0.0101. The van der Waals surface area contributed by atoms with E-state index in [1.54, 1.807) is 0 Å². The van der Waals surface area contributed by atoms with Gasteiger partial charge in [0.05, 0.1) is 55.5 Å². The molecule has 504 valence electrons. The van der Waals surface area contributed by atoms with Gasteiger partial charge in [0.25, 0.3) is 0 Å². The minimum absolute atomic E-state index is 0.886. The normalized spacial score (nSPS) is 11.7. The van der Waals surface area contributed by atoms with Gasteiger partial charge in [-0.05, 0) is 190 Å². The van der Waals surface area contributed by atoms with Crippen LogP contribution in [0.25, 0.3) is 172 Å². The summed E-state index contributed by atoms with van der Waals surface area (Å²) in [7, 11) is 0. The minimum Gasteiger partial charge on any atom is -0.309 e. The van der Waals surface area contributed by atoms with Crippen LogP contribution >= 0.6 is 15.9 Å². The van der Waals surface area contributed by atoms with E-state index < -0.39 is 0 Å². The second kappa shape index (κ2) is 26.6. The van der Waals surface area contributed by atoms with E-state index in [0.717, 1.165) is 78.6 Å². The maximum Gasteiger partial charge on any atom is 0.138 e. The molecule has 0 saturated carbocycles. The Morgan fingerprint density at radius 2 is 0.636 bits per heavy atom. The zero-order valence-corrected chi connectivity index (χ0v) is 59.8. The van der Waals surface area contributed by atoms with Crippen molar-refractivity contribution >= 4 is 103 Å². The molecule has 1 aliphatic carbocycles. The molecule has 7 heterocycles. The molecule has 0 unspecified atom stereocenters. The van der Waals surface area contributed by atoms with E-state index in [-0.39, 0.29) is 0 Å². The molecular formula is C99H66BrN7. The predicted molar refractivity (Wildman–Crippen MR) is 449 cm³/mol. The van der Waals surface area contributed by atoms with Gasteiger partial charge in [0.1, 0.15) is 11.6 Å². The molecule has 0 bridgehead atoms. The van der Waals surface area contributed by atoms with Crippen LogP contribution < -0.4 is 0 Å². The van der Waals surface area contributed by atoms with Gasteiger partial charge in [0.15, 0.2) is 0 Å². The summed E-state index contributed by atoms with van der Waals surface area (Å²) in [5.74, 6) is 1.82. The van der Waals surface area contributed by atoms with Crippen LogP contribution in [0.1, 0.15) is 11.1 Å². The zero-order valence-electron chi connectivity index (χ0n) is 58.2. The molecule has 21 aromatic rings. The Hall–Kier alpha value is -13.7. The van der Waals surface area contributed by atoms with Crippen LogP contribution in [0, 0.1) is 0 Å². The number of aromatic nitrogens is 7. The molecule has 0 atom stereocenters. The van der Waals surface area contributed by atoms with E-state index in [1.165, 1.54) is 115 Å². The molecule has 22 rings (SSSR count). The van der Waals surface area contributed by atoms with Crippen molar-refractivity contribution < 1.29 is 0 Å². The molecule has 0 amide bonds. The van der Waals surface area contributed by atoms with Crippen LogP contribution in [-0.2, 0) is 6.42 Å². The highest BCUT2D eigenvalue weighted by Gasteiger charge is 2.23. The lowest BCUT2D eigenvalue weighted by Gasteiger charge is -2.13. The van der Waals surface area contributed by atoms with Crippen molar-refractivity contribution in [1.82, 2.24) is 32.8 Å². The maximum absolute atomic E-state index is 5.27. The topological polar surface area (TPSA) is 50.4 Å². The largest absolute Gasteiger partial charge is 0.309 e. The van der Waals surface area contributed by atoms with E-state index in [0.29, 0.717) is 0 Å². The van der Waals surface area contributed by atoms with Crippen molar-refractivity contribution in [3.05, 3.63) is 404 Å². The van der Waals surface area contributed by atoms with Crippen LogP contribution in [0.2, 0.25) is 0 Å². The average Bonchev–Trinajstić information content (AvgIpc) is 1.57. The molecule has 0 aliphatic heterocycles. The van der Waals surface area contributed by atoms with E-state index in [9.17, 15) is 0 Å². The van der Waals surface area contributed by atoms with Crippen molar-refractivity contribution in [1.29, 1.82) is 0 Å². The third-order valence-electron chi connectivity index (χ3n) is 21.1. The van der Waals surface area contributed by atoms with Gasteiger partial charge in [-0.25, -0.2) is 9.97 Å². The van der Waals surface area contributed by atoms with Gasteiger partial charge in [0, 0.05) is 88.1 Å². The molecule has 1 aliphatic rings. The number of hydrogen-bond acceptors (Lipinski definition) is 2. The van der Waals surface area contributed by atoms with Crippen LogP contribution in [0.15, 0.2) is 393 Å². The Kier molecular flexibility index (Phi) is 15.6. The maximum atomic E-state index is 5.27. The van der Waals surface area contributed by atoms with Crippen LogP contribution in [0.5, 0.6) is 0 Å². The summed E-state index contributed by atoms with van der Waals surface area (Å²) in [6, 6.07) is 134. The first-order valence-electron chi connectivity index (χ1n) is 36.3. The predicted octanol–water partition coefficient (Wildman–Crippen LogP) is 26.0. The van der Waals surface area contributed by atoms with Gasteiger partial charge in [-0.15, -0.1) is 0 Å². The minimum atomic E-state index is 0.886. The van der Waals surface area contributed by atoms with Crippen molar-refractivity contribution in [2.75, 3.05) is 0 Å². The standard InChI is InChI=1S/C49H32N4.C32H22N2.C18H12BrN/c1-4-14-33(15-5-1)36-29-43(34-16-6-2-7-17-34)50-49(30-36)51-27-26-35-28-41-39-20-10-13-23-45(39)53(48(41)32-47(35)51)38-24-25-46-42(31-38)40-21-11-12-22-44(40)52(46)37-18-8-3-9-19-37;1-3-9-22(10-4-1)26-19-30(23-11-5-2-6-12-23)33-32(21-26)34-16-15-25-18-29-27(20-31(25)34)17-24-13-7-8-14-28(24)29;19-13-10-11-18-16(12-13)15-8-4-5-9-17(15)20(18)14-6-2-1-3-7-14/h1-32H;1-16,18-21H,17H2;1-12H. The summed E-state index contributed by atoms with van der Waals surface area (Å²) in [4.78, 5) is 10.4. The van der Waals surface area contributed by atoms with Gasteiger partial charge in [-0.1, -0.05) is 253 Å². The third kappa shape index (κ3) is 11.3. The summed E-state index contributed by atoms with van der Waals surface area (Å²) in [5.41, 5.74) is 27.3. The van der Waals surface area contributed by atoms with Crippen molar-refractivity contribution in [2.24, 2.45) is 0 Å². The number of halogens is 1. The molecule has 14 aromatic carbocycles. The van der Waals surface area contributed by atoms with E-state index in [4.69, 9.17) is 9.97 Å². The van der Waals surface area contributed by atoms with Gasteiger partial charge >= 0.3 is 0 Å².